The number of carbonyl (C=O) groups excluding carboxylic acids is 3. The highest BCUT2D eigenvalue weighted by Gasteiger charge is 2.54. The van der Waals surface area contributed by atoms with Crippen molar-refractivity contribution in [3.8, 4) is 0 Å². The first-order valence-corrected chi connectivity index (χ1v) is 12.6. The molecule has 1 atom stereocenters. The van der Waals surface area contributed by atoms with E-state index in [1.54, 1.807) is 13.0 Å². The van der Waals surface area contributed by atoms with Crippen LogP contribution in [-0.4, -0.2) is 38.8 Å². The minimum Gasteiger partial charge on any atom is -0.478 e. The van der Waals surface area contributed by atoms with Crippen LogP contribution in [0, 0.1) is 0 Å². The Hall–Kier alpha value is -4.79. The van der Waals surface area contributed by atoms with Gasteiger partial charge in [0.15, 0.2) is 11.3 Å². The summed E-state index contributed by atoms with van der Waals surface area (Å²) in [4.78, 5) is 63.1. The third kappa shape index (κ3) is 6.38. The first-order valence-electron chi connectivity index (χ1n) is 12.6. The fraction of sp³-hybridized carbons (Fsp3) is 0.233. The number of Topliss-reactive ketones (excluding diaryl/α,β-unsaturated/α-hetero) is 1. The molecule has 1 heterocycles. The maximum absolute atomic E-state index is 13.5. The Morgan fingerprint density at radius 1 is 0.872 bits per heavy atom. The van der Waals surface area contributed by atoms with Gasteiger partial charge in [-0.1, -0.05) is 67.6 Å². The molecule has 9 nitrogen and oxygen atoms in total. The van der Waals surface area contributed by atoms with E-state index in [0.29, 0.717) is 18.5 Å². The lowest BCUT2D eigenvalue weighted by Gasteiger charge is -2.20. The molecular formula is C30H29N3O6. The number of carbonyl (C=O) groups is 4. The van der Waals surface area contributed by atoms with Crippen molar-refractivity contribution in [1.82, 2.24) is 9.88 Å². The lowest BCUT2D eigenvalue weighted by Crippen LogP contribution is -2.48. The summed E-state index contributed by atoms with van der Waals surface area (Å²) in [5.74, 6) is -2.79. The number of aryl methyl sites for hydroxylation is 1. The van der Waals surface area contributed by atoms with Gasteiger partial charge in [0.25, 0.3) is 5.56 Å². The van der Waals surface area contributed by atoms with Crippen LogP contribution in [0.4, 0.5) is 5.69 Å². The van der Waals surface area contributed by atoms with E-state index in [-0.39, 0.29) is 30.0 Å². The average molecular weight is 528 g/mol. The minimum absolute atomic E-state index is 0.0211. The van der Waals surface area contributed by atoms with Crippen LogP contribution in [0.25, 0.3) is 0 Å². The third-order valence-electron chi connectivity index (χ3n) is 6.58. The fourth-order valence-corrected chi connectivity index (χ4v) is 4.46. The van der Waals surface area contributed by atoms with E-state index in [4.69, 9.17) is 0 Å². The molecule has 2 aromatic carbocycles. The average Bonchev–Trinajstić information content (AvgIpc) is 3.67. The quantitative estimate of drug-likeness (QED) is 0.332. The van der Waals surface area contributed by atoms with Crippen molar-refractivity contribution >= 4 is 29.3 Å². The molecule has 0 aliphatic heterocycles. The molecule has 0 fully saturated rings. The van der Waals surface area contributed by atoms with Gasteiger partial charge in [-0.05, 0) is 35.8 Å². The predicted molar refractivity (Wildman–Crippen MR) is 145 cm³/mol. The van der Waals surface area contributed by atoms with Crippen LogP contribution in [0.15, 0.2) is 89.2 Å². The van der Waals surface area contributed by atoms with Crippen LogP contribution in [0.2, 0.25) is 0 Å². The van der Waals surface area contributed by atoms with E-state index in [1.807, 2.05) is 60.7 Å². The van der Waals surface area contributed by atoms with Crippen LogP contribution >= 0.6 is 0 Å². The first kappa shape index (κ1) is 27.3. The first-order chi connectivity index (χ1) is 18.7. The second kappa shape index (κ2) is 11.7. The monoisotopic (exact) mass is 527 g/mol. The van der Waals surface area contributed by atoms with Gasteiger partial charge < -0.3 is 20.3 Å². The molecule has 1 aliphatic rings. The number of rotatable bonds is 12. The van der Waals surface area contributed by atoms with Gasteiger partial charge in [-0.2, -0.15) is 0 Å². The van der Waals surface area contributed by atoms with Gasteiger partial charge in [-0.15, -0.1) is 0 Å². The maximum atomic E-state index is 13.5. The van der Waals surface area contributed by atoms with E-state index < -0.39 is 35.3 Å². The molecule has 0 bridgehead atoms. The van der Waals surface area contributed by atoms with Gasteiger partial charge in [0, 0.05) is 25.0 Å². The summed E-state index contributed by atoms with van der Waals surface area (Å²) in [6, 6.07) is 22.0. The Morgan fingerprint density at radius 3 is 2.10 bits per heavy atom. The number of aromatic nitrogens is 1. The molecule has 9 heteroatoms. The topological polar surface area (TPSA) is 135 Å². The largest absolute Gasteiger partial charge is 0.478 e. The zero-order valence-corrected chi connectivity index (χ0v) is 21.5. The Morgan fingerprint density at radius 2 is 1.51 bits per heavy atom. The Bertz CT molecular complexity index is 1490. The van der Waals surface area contributed by atoms with Crippen molar-refractivity contribution in [3.63, 3.8) is 0 Å². The normalized spacial score (nSPS) is 15.7. The zero-order valence-electron chi connectivity index (χ0n) is 21.5. The highest BCUT2D eigenvalue weighted by molar-refractivity contribution is 6.14. The van der Waals surface area contributed by atoms with Crippen LogP contribution in [-0.2, 0) is 38.6 Å². The van der Waals surface area contributed by atoms with Crippen molar-refractivity contribution in [3.05, 3.63) is 112 Å². The van der Waals surface area contributed by atoms with E-state index in [1.165, 1.54) is 16.7 Å². The van der Waals surface area contributed by atoms with Crippen LogP contribution < -0.4 is 16.2 Å². The number of nitrogens with one attached hydrogen (secondary N) is 2. The summed E-state index contributed by atoms with van der Waals surface area (Å²) < 4.78 is 1.24. The van der Waals surface area contributed by atoms with Gasteiger partial charge in [-0.3, -0.25) is 19.2 Å². The maximum Gasteiger partial charge on any atom is 0.334 e. The van der Waals surface area contributed by atoms with E-state index in [0.717, 1.165) is 11.1 Å². The zero-order chi connectivity index (χ0) is 28.0. The van der Waals surface area contributed by atoms with Gasteiger partial charge in [-0.25, -0.2) is 4.79 Å². The molecule has 1 aromatic heterocycles. The van der Waals surface area contributed by atoms with Crippen molar-refractivity contribution < 1.29 is 24.3 Å². The molecule has 0 radical (unpaired) electrons. The molecule has 0 saturated carbocycles. The molecular weight excluding hydrogens is 498 g/mol. The number of hydrogen-bond donors (Lipinski definition) is 3. The lowest BCUT2D eigenvalue weighted by atomic mass is 10.0. The SMILES string of the molecule is CCC(=O)C1(NC(=O)Cn2c(Cc3ccccc3)ccc(NC(=O)CCc3ccccc3)c2=O)C=C1C(=O)O. The fourth-order valence-electron chi connectivity index (χ4n) is 4.46. The molecule has 0 saturated heterocycles. The standard InChI is InChI=1S/C30H29N3O6/c1-2-25(34)30(18-23(30)29(38)39)32-27(36)19-33-22(17-21-11-7-4-8-12-21)14-15-24(28(33)37)31-26(35)16-13-20-9-5-3-6-10-20/h3-12,14-15,18H,2,13,16-17,19H2,1H3,(H,31,35)(H,32,36)(H,38,39). The number of benzene rings is 2. The number of carboxylic acids is 1. The summed E-state index contributed by atoms with van der Waals surface area (Å²) in [5.41, 5.74) is -0.00656. The molecule has 3 aromatic rings. The molecule has 39 heavy (non-hydrogen) atoms. The number of aliphatic carboxylic acids is 1. The number of hydrogen-bond acceptors (Lipinski definition) is 5. The Kier molecular flexibility index (Phi) is 8.19. The molecule has 1 unspecified atom stereocenters. The number of ketones is 1. The second-order valence-corrected chi connectivity index (χ2v) is 9.32. The number of nitrogens with zero attached hydrogens (tertiary/aromatic N) is 1. The third-order valence-corrected chi connectivity index (χ3v) is 6.58. The minimum atomic E-state index is -1.66. The summed E-state index contributed by atoms with van der Waals surface area (Å²) in [6.45, 7) is 1.11. The van der Waals surface area contributed by atoms with E-state index in [9.17, 15) is 29.1 Å². The van der Waals surface area contributed by atoms with Gasteiger partial charge >= 0.3 is 5.97 Å². The molecule has 4 rings (SSSR count). The number of anilines is 1. The van der Waals surface area contributed by atoms with Gasteiger partial charge in [0.2, 0.25) is 11.8 Å². The second-order valence-electron chi connectivity index (χ2n) is 9.32. The van der Waals surface area contributed by atoms with E-state index in [2.05, 4.69) is 10.6 Å². The Labute approximate surface area is 225 Å². The summed E-state index contributed by atoms with van der Waals surface area (Å²) >= 11 is 0. The van der Waals surface area contributed by atoms with E-state index >= 15 is 0 Å². The highest BCUT2D eigenvalue weighted by Crippen LogP contribution is 2.36. The van der Waals surface area contributed by atoms with Crippen molar-refractivity contribution in [2.75, 3.05) is 5.32 Å². The molecule has 1 aliphatic carbocycles. The predicted octanol–water partition coefficient (Wildman–Crippen LogP) is 2.87. The summed E-state index contributed by atoms with van der Waals surface area (Å²) in [7, 11) is 0. The molecule has 200 valence electrons. The summed E-state index contributed by atoms with van der Waals surface area (Å²) in [6.07, 6.45) is 2.24. The van der Waals surface area contributed by atoms with Crippen LogP contribution in [0.5, 0.6) is 0 Å². The van der Waals surface area contributed by atoms with Gasteiger partial charge in [0.05, 0.1) is 5.57 Å². The van der Waals surface area contributed by atoms with Crippen LogP contribution in [0.3, 0.4) is 0 Å². The molecule has 0 spiro atoms. The molecule has 3 N–H and O–H groups in total. The Balaban J connectivity index is 1.56. The highest BCUT2D eigenvalue weighted by atomic mass is 16.4. The summed E-state index contributed by atoms with van der Waals surface area (Å²) in [5, 5.41) is 14.5. The number of amides is 2. The number of pyridine rings is 1. The molecule has 2 amide bonds. The van der Waals surface area contributed by atoms with Crippen LogP contribution in [0.1, 0.15) is 36.6 Å². The van der Waals surface area contributed by atoms with Gasteiger partial charge in [0.1, 0.15) is 12.2 Å². The number of carboxylic acid groups (broad SMARTS) is 1. The van der Waals surface area contributed by atoms with Crippen molar-refractivity contribution in [2.45, 2.75) is 44.7 Å². The smallest absolute Gasteiger partial charge is 0.334 e. The van der Waals surface area contributed by atoms with Crippen molar-refractivity contribution in [1.29, 1.82) is 0 Å². The van der Waals surface area contributed by atoms with Crippen molar-refractivity contribution in [2.24, 2.45) is 0 Å². The lowest BCUT2D eigenvalue weighted by molar-refractivity contribution is -0.134.